The molecule has 1 aromatic carbocycles. The van der Waals surface area contributed by atoms with E-state index < -0.39 is 24.7 Å². The number of halogens is 4. The number of H-pyrrole nitrogens is 1. The fourth-order valence-electron chi connectivity index (χ4n) is 2.24. The number of hydrogen-bond donors (Lipinski definition) is 1. The van der Waals surface area contributed by atoms with Crippen molar-refractivity contribution in [2.24, 2.45) is 0 Å². The van der Waals surface area contributed by atoms with Crippen molar-refractivity contribution in [3.8, 4) is 0 Å². The third-order valence-corrected chi connectivity index (χ3v) is 3.70. The molecule has 0 atom stereocenters. The second-order valence-electron chi connectivity index (χ2n) is 4.65. The topological polar surface area (TPSA) is 55.1 Å². The summed E-state index contributed by atoms with van der Waals surface area (Å²) in [5, 5.41) is 6.84. The Bertz CT molecular complexity index is 988. The van der Waals surface area contributed by atoms with Gasteiger partial charge in [-0.2, -0.15) is 13.2 Å². The highest BCUT2D eigenvalue weighted by atomic mass is 35.5. The Balaban J connectivity index is 2.36. The van der Waals surface area contributed by atoms with Crippen LogP contribution in [0.25, 0.3) is 16.7 Å². The van der Waals surface area contributed by atoms with Crippen molar-refractivity contribution in [2.45, 2.75) is 19.1 Å². The molecule has 5 nitrogen and oxygen atoms in total. The summed E-state index contributed by atoms with van der Waals surface area (Å²) in [6.07, 6.45) is -5.53. The molecular formula is C12H8ClF3N4OS. The van der Waals surface area contributed by atoms with E-state index in [2.05, 4.69) is 10.2 Å². The van der Waals surface area contributed by atoms with Crippen LogP contribution >= 0.6 is 23.8 Å². The summed E-state index contributed by atoms with van der Waals surface area (Å²) in [5.74, 6) is 0.0362. The molecule has 0 aliphatic rings. The van der Waals surface area contributed by atoms with Gasteiger partial charge in [-0.15, -0.1) is 5.10 Å². The van der Waals surface area contributed by atoms with E-state index in [1.54, 1.807) is 12.1 Å². The Morgan fingerprint density at radius 2 is 2.09 bits per heavy atom. The lowest BCUT2D eigenvalue weighted by molar-refractivity contribution is -0.136. The van der Waals surface area contributed by atoms with E-state index in [1.807, 2.05) is 0 Å². The average molecular weight is 349 g/mol. The number of aryl methyl sites for hydroxylation is 1. The zero-order chi connectivity index (χ0) is 16.1. The molecule has 0 aliphatic heterocycles. The third-order valence-electron chi connectivity index (χ3n) is 3.19. The first-order chi connectivity index (χ1) is 10.3. The zero-order valence-corrected chi connectivity index (χ0v) is 12.4. The minimum absolute atomic E-state index is 0.0362. The van der Waals surface area contributed by atoms with Gasteiger partial charge in [0, 0.05) is 11.6 Å². The number of hydrogen-bond acceptors (Lipinski definition) is 3. The molecule has 0 saturated heterocycles. The van der Waals surface area contributed by atoms with Gasteiger partial charge in [0.1, 0.15) is 0 Å². The fraction of sp³-hybridized carbons (Fsp3) is 0.250. The number of nitrogens with zero attached hydrogens (tertiary/aromatic N) is 3. The molecule has 0 bridgehead atoms. The number of rotatable bonds is 2. The van der Waals surface area contributed by atoms with Crippen molar-refractivity contribution in [1.82, 2.24) is 19.2 Å². The van der Waals surface area contributed by atoms with Crippen LogP contribution in [0, 0.1) is 4.77 Å². The molecule has 0 aliphatic carbocycles. The molecule has 0 amide bonds. The Hall–Kier alpha value is -1.87. The van der Waals surface area contributed by atoms with Crippen molar-refractivity contribution in [3.05, 3.63) is 38.3 Å². The smallest absolute Gasteiger partial charge is 0.276 e. The van der Waals surface area contributed by atoms with Crippen molar-refractivity contribution in [2.75, 3.05) is 0 Å². The van der Waals surface area contributed by atoms with Crippen LogP contribution in [0.5, 0.6) is 0 Å². The van der Waals surface area contributed by atoms with Gasteiger partial charge in [-0.1, -0.05) is 11.6 Å². The first kappa shape index (κ1) is 15.0. The second kappa shape index (κ2) is 5.10. The van der Waals surface area contributed by atoms with E-state index in [0.717, 1.165) is 4.57 Å². The lowest BCUT2D eigenvalue weighted by atomic mass is 10.2. The van der Waals surface area contributed by atoms with Crippen LogP contribution in [0.4, 0.5) is 13.2 Å². The summed E-state index contributed by atoms with van der Waals surface area (Å²) in [7, 11) is 0. The van der Waals surface area contributed by atoms with Crippen LogP contribution in [0.2, 0.25) is 5.02 Å². The summed E-state index contributed by atoms with van der Waals surface area (Å²) < 4.78 is 39.9. The number of aromatic amines is 1. The Labute approximate surface area is 130 Å². The standard InChI is InChI=1S/C12H8ClF3N4OS/c13-6-1-2-8-7(5-6)9(21)19(4-3-12(14,15)16)10-17-18-11(22)20(8)10/h1-2,5H,3-4H2,(H,18,22). The minimum atomic E-state index is -4.38. The number of nitrogens with one attached hydrogen (secondary N) is 1. The largest absolute Gasteiger partial charge is 0.390 e. The summed E-state index contributed by atoms with van der Waals surface area (Å²) in [5.41, 5.74) is -0.158. The van der Waals surface area contributed by atoms with E-state index in [4.69, 9.17) is 23.8 Å². The number of aromatic nitrogens is 4. The van der Waals surface area contributed by atoms with E-state index in [9.17, 15) is 18.0 Å². The maximum absolute atomic E-state index is 12.5. The lowest BCUT2D eigenvalue weighted by Crippen LogP contribution is -2.26. The van der Waals surface area contributed by atoms with Crippen molar-refractivity contribution in [1.29, 1.82) is 0 Å². The molecule has 0 spiro atoms. The molecule has 116 valence electrons. The summed E-state index contributed by atoms with van der Waals surface area (Å²) in [6.45, 7) is -0.548. The molecule has 2 heterocycles. The van der Waals surface area contributed by atoms with Crippen LogP contribution in [0.1, 0.15) is 6.42 Å². The van der Waals surface area contributed by atoms with E-state index in [0.29, 0.717) is 10.5 Å². The lowest BCUT2D eigenvalue weighted by Gasteiger charge is -2.11. The molecule has 1 N–H and O–H groups in total. The monoisotopic (exact) mass is 348 g/mol. The molecule has 3 aromatic rings. The van der Waals surface area contributed by atoms with Gasteiger partial charge in [0.25, 0.3) is 5.56 Å². The van der Waals surface area contributed by atoms with Crippen LogP contribution in [-0.2, 0) is 6.54 Å². The van der Waals surface area contributed by atoms with Gasteiger partial charge < -0.3 is 0 Å². The SMILES string of the molecule is O=c1c2cc(Cl)ccc2n2c(=S)[nH]nc2n1CCC(F)(F)F. The van der Waals surface area contributed by atoms with Crippen LogP contribution in [-0.4, -0.2) is 25.3 Å². The Morgan fingerprint density at radius 1 is 1.36 bits per heavy atom. The van der Waals surface area contributed by atoms with Crippen LogP contribution in [0.15, 0.2) is 23.0 Å². The van der Waals surface area contributed by atoms with Gasteiger partial charge in [-0.25, -0.2) is 5.10 Å². The highest BCUT2D eigenvalue weighted by Crippen LogP contribution is 2.22. The maximum atomic E-state index is 12.5. The van der Waals surface area contributed by atoms with Gasteiger partial charge >= 0.3 is 6.18 Å². The van der Waals surface area contributed by atoms with Gasteiger partial charge in [-0.05, 0) is 30.4 Å². The molecular weight excluding hydrogens is 341 g/mol. The predicted octanol–water partition coefficient (Wildman–Crippen LogP) is 3.31. The number of benzene rings is 1. The Kier molecular flexibility index (Phi) is 3.48. The molecule has 3 rings (SSSR count). The van der Waals surface area contributed by atoms with Gasteiger partial charge in [-0.3, -0.25) is 13.8 Å². The van der Waals surface area contributed by atoms with Gasteiger partial charge in [0.05, 0.1) is 17.3 Å². The summed E-state index contributed by atoms with van der Waals surface area (Å²) in [4.78, 5) is 12.5. The third kappa shape index (κ3) is 2.50. The highest BCUT2D eigenvalue weighted by molar-refractivity contribution is 7.71. The molecule has 0 unspecified atom stereocenters. The zero-order valence-electron chi connectivity index (χ0n) is 10.8. The van der Waals surface area contributed by atoms with Gasteiger partial charge in [0.15, 0.2) is 0 Å². The van der Waals surface area contributed by atoms with Crippen LogP contribution in [0.3, 0.4) is 0 Å². The number of alkyl halides is 3. The minimum Gasteiger partial charge on any atom is -0.276 e. The van der Waals surface area contributed by atoms with Crippen molar-refractivity contribution in [3.63, 3.8) is 0 Å². The van der Waals surface area contributed by atoms with Crippen molar-refractivity contribution >= 4 is 40.5 Å². The summed E-state index contributed by atoms with van der Waals surface area (Å²) in [6, 6.07) is 4.54. The first-order valence-electron chi connectivity index (χ1n) is 6.14. The normalized spacial score (nSPS) is 12.4. The second-order valence-corrected chi connectivity index (χ2v) is 5.47. The number of fused-ring (bicyclic) bond motifs is 3. The molecule has 22 heavy (non-hydrogen) atoms. The Morgan fingerprint density at radius 3 is 2.77 bits per heavy atom. The maximum Gasteiger partial charge on any atom is 0.390 e. The fourth-order valence-corrected chi connectivity index (χ4v) is 2.64. The van der Waals surface area contributed by atoms with Crippen LogP contribution < -0.4 is 5.56 Å². The predicted molar refractivity (Wildman–Crippen MR) is 77.8 cm³/mol. The van der Waals surface area contributed by atoms with Gasteiger partial charge in [0.2, 0.25) is 10.5 Å². The van der Waals surface area contributed by atoms with Crippen molar-refractivity contribution < 1.29 is 13.2 Å². The average Bonchev–Trinajstić information content (AvgIpc) is 2.80. The molecule has 0 radical (unpaired) electrons. The molecule has 0 saturated carbocycles. The van der Waals surface area contributed by atoms with E-state index in [1.165, 1.54) is 10.5 Å². The molecule has 10 heteroatoms. The van der Waals surface area contributed by atoms with E-state index in [-0.39, 0.29) is 15.9 Å². The highest BCUT2D eigenvalue weighted by Gasteiger charge is 2.27. The van der Waals surface area contributed by atoms with E-state index >= 15 is 0 Å². The molecule has 0 fully saturated rings. The first-order valence-corrected chi connectivity index (χ1v) is 6.92. The quantitative estimate of drug-likeness (QED) is 0.723. The molecule has 2 aromatic heterocycles. The summed E-state index contributed by atoms with van der Waals surface area (Å²) >= 11 is 11.0.